The molecule has 2 aliphatic heterocycles. The Kier molecular flexibility index (Phi) is 6.56. The smallest absolute Gasteiger partial charge is 0.285 e. The molecule has 0 saturated carbocycles. The van der Waals surface area contributed by atoms with Gasteiger partial charge in [0.1, 0.15) is 16.5 Å². The molecule has 0 radical (unpaired) electrons. The van der Waals surface area contributed by atoms with E-state index in [0.717, 1.165) is 5.56 Å². The summed E-state index contributed by atoms with van der Waals surface area (Å²) in [5.41, 5.74) is 2.30. The van der Waals surface area contributed by atoms with E-state index in [2.05, 4.69) is 9.71 Å². The number of hydrogen-bond donors (Lipinski definition) is 1. The van der Waals surface area contributed by atoms with Crippen molar-refractivity contribution in [2.75, 3.05) is 20.2 Å². The van der Waals surface area contributed by atoms with Crippen molar-refractivity contribution in [1.82, 2.24) is 10.2 Å². The summed E-state index contributed by atoms with van der Waals surface area (Å²) < 4.78 is 34.9. The van der Waals surface area contributed by atoms with Gasteiger partial charge in [0.15, 0.2) is 0 Å². The molecule has 1 saturated heterocycles. The number of benzene rings is 2. The Bertz CT molecular complexity index is 1180. The molecule has 4 rings (SSSR count). The van der Waals surface area contributed by atoms with Crippen LogP contribution < -0.4 is 10.1 Å². The number of piperidine rings is 1. The molecule has 33 heavy (non-hydrogen) atoms. The zero-order valence-electron chi connectivity index (χ0n) is 19.1. The van der Waals surface area contributed by atoms with Crippen molar-refractivity contribution < 1.29 is 17.9 Å². The van der Waals surface area contributed by atoms with Crippen molar-refractivity contribution in [2.45, 2.75) is 32.7 Å². The molecule has 2 aromatic rings. The number of rotatable bonds is 5. The predicted molar refractivity (Wildman–Crippen MR) is 129 cm³/mol. The van der Waals surface area contributed by atoms with Gasteiger partial charge in [-0.25, -0.2) is 0 Å². The highest BCUT2D eigenvalue weighted by Crippen LogP contribution is 2.35. The van der Waals surface area contributed by atoms with Crippen LogP contribution in [0.3, 0.4) is 0 Å². The average Bonchev–Trinajstić information content (AvgIpc) is 3.08. The largest absolute Gasteiger partial charge is 0.497 e. The minimum absolute atomic E-state index is 0.0400. The molecule has 2 aliphatic rings. The molecule has 2 aromatic carbocycles. The number of likely N-dealkylation sites (tertiary alicyclic amines) is 1. The van der Waals surface area contributed by atoms with Gasteiger partial charge in [-0.3, -0.25) is 4.79 Å². The van der Waals surface area contributed by atoms with Crippen LogP contribution in [0.1, 0.15) is 43.9 Å². The van der Waals surface area contributed by atoms with Gasteiger partial charge in [-0.1, -0.05) is 30.3 Å². The molecular weight excluding hydrogens is 438 g/mol. The van der Waals surface area contributed by atoms with Crippen LogP contribution in [0.15, 0.2) is 64.6 Å². The van der Waals surface area contributed by atoms with E-state index in [4.69, 9.17) is 4.74 Å². The summed E-state index contributed by atoms with van der Waals surface area (Å²) in [5.74, 6) is 1.09. The fourth-order valence-corrected chi connectivity index (χ4v) is 5.92. The standard InChI is InChI=1S/C25H29N3O4S/c1-17-23(20-9-11-22(32-3)12-10-20)33(30,31)27-24(17)28-15-13-21(14-16-28)25(29)26-18(2)19-7-5-4-6-8-19/h4-12,18,21H,13-16H2,1-3H3,(H,26,29)/t18-/m0/s1. The SMILES string of the molecule is COc1ccc(C2=C(C)C(N3CCC(C(=O)N[C@@H](C)c4ccccc4)CC3)=NS2(=O)=O)cc1. The van der Waals surface area contributed by atoms with Gasteiger partial charge in [0.05, 0.1) is 13.2 Å². The van der Waals surface area contributed by atoms with E-state index in [0.29, 0.717) is 48.7 Å². The third kappa shape index (κ3) is 4.80. The van der Waals surface area contributed by atoms with Gasteiger partial charge >= 0.3 is 0 Å². The lowest BCUT2D eigenvalue weighted by Crippen LogP contribution is -2.43. The Morgan fingerprint density at radius 3 is 2.33 bits per heavy atom. The number of nitrogens with zero attached hydrogens (tertiary/aromatic N) is 2. The molecule has 0 unspecified atom stereocenters. The number of hydrogen-bond acceptors (Lipinski definition) is 5. The van der Waals surface area contributed by atoms with Crippen LogP contribution in [-0.2, 0) is 14.8 Å². The van der Waals surface area contributed by atoms with E-state index in [-0.39, 0.29) is 22.8 Å². The van der Waals surface area contributed by atoms with Crippen LogP contribution in [0.2, 0.25) is 0 Å². The highest BCUT2D eigenvalue weighted by molar-refractivity contribution is 8.00. The minimum atomic E-state index is -3.78. The maximum atomic E-state index is 12.8. The zero-order chi connectivity index (χ0) is 23.6. The predicted octanol–water partition coefficient (Wildman–Crippen LogP) is 3.76. The molecule has 1 fully saturated rings. The molecule has 0 spiro atoms. The van der Waals surface area contributed by atoms with Gasteiger partial charge in [-0.05, 0) is 62.1 Å². The lowest BCUT2D eigenvalue weighted by atomic mass is 9.94. The van der Waals surface area contributed by atoms with Crippen molar-refractivity contribution in [3.63, 3.8) is 0 Å². The molecule has 0 aromatic heterocycles. The number of carbonyl (C=O) groups excluding carboxylic acids is 1. The van der Waals surface area contributed by atoms with E-state index in [9.17, 15) is 13.2 Å². The number of amidine groups is 1. The number of carbonyl (C=O) groups is 1. The van der Waals surface area contributed by atoms with Gasteiger partial charge in [-0.15, -0.1) is 4.40 Å². The van der Waals surface area contributed by atoms with Crippen molar-refractivity contribution in [2.24, 2.45) is 10.3 Å². The topological polar surface area (TPSA) is 88.1 Å². The van der Waals surface area contributed by atoms with Crippen LogP contribution in [0, 0.1) is 5.92 Å². The van der Waals surface area contributed by atoms with Gasteiger partial charge in [0.25, 0.3) is 10.0 Å². The van der Waals surface area contributed by atoms with Crippen LogP contribution in [0.4, 0.5) is 0 Å². The molecule has 1 atom stereocenters. The molecular formula is C25H29N3O4S. The molecule has 174 valence electrons. The highest BCUT2D eigenvalue weighted by Gasteiger charge is 2.35. The molecule has 0 bridgehead atoms. The molecule has 8 heteroatoms. The highest BCUT2D eigenvalue weighted by atomic mass is 32.2. The Hall–Kier alpha value is -3.13. The number of nitrogens with one attached hydrogen (secondary N) is 1. The van der Waals surface area contributed by atoms with Crippen molar-refractivity contribution in [3.8, 4) is 5.75 Å². The zero-order valence-corrected chi connectivity index (χ0v) is 19.9. The first kappa shape index (κ1) is 23.0. The Balaban J connectivity index is 1.43. The lowest BCUT2D eigenvalue weighted by Gasteiger charge is -2.33. The van der Waals surface area contributed by atoms with Crippen molar-refractivity contribution in [3.05, 3.63) is 71.3 Å². The van der Waals surface area contributed by atoms with Gasteiger partial charge in [0.2, 0.25) is 5.91 Å². The van der Waals surface area contributed by atoms with Crippen molar-refractivity contribution >= 4 is 26.7 Å². The Morgan fingerprint density at radius 1 is 1.09 bits per heavy atom. The molecule has 7 nitrogen and oxygen atoms in total. The third-order valence-electron chi connectivity index (χ3n) is 6.32. The first-order chi connectivity index (χ1) is 15.8. The summed E-state index contributed by atoms with van der Waals surface area (Å²) in [6.07, 6.45) is 1.30. The molecule has 2 heterocycles. The van der Waals surface area contributed by atoms with E-state index >= 15 is 0 Å². The van der Waals surface area contributed by atoms with Crippen LogP contribution in [0.5, 0.6) is 5.75 Å². The van der Waals surface area contributed by atoms with E-state index in [1.807, 2.05) is 42.2 Å². The fraction of sp³-hybridized carbons (Fsp3) is 0.360. The third-order valence-corrected chi connectivity index (χ3v) is 7.79. The first-order valence-corrected chi connectivity index (χ1v) is 12.5. The summed E-state index contributed by atoms with van der Waals surface area (Å²) in [7, 11) is -2.21. The normalized spacial score (nSPS) is 19.2. The molecule has 1 N–H and O–H groups in total. The number of ether oxygens (including phenoxy) is 1. The van der Waals surface area contributed by atoms with E-state index in [1.165, 1.54) is 0 Å². The quantitative estimate of drug-likeness (QED) is 0.723. The average molecular weight is 468 g/mol. The van der Waals surface area contributed by atoms with Gasteiger partial charge in [0, 0.05) is 24.6 Å². The van der Waals surface area contributed by atoms with Crippen LogP contribution >= 0.6 is 0 Å². The second kappa shape index (κ2) is 9.39. The summed E-state index contributed by atoms with van der Waals surface area (Å²) in [4.78, 5) is 15.0. The van der Waals surface area contributed by atoms with Gasteiger partial charge < -0.3 is 15.0 Å². The number of amides is 1. The summed E-state index contributed by atoms with van der Waals surface area (Å²) in [5, 5.41) is 3.11. The van der Waals surface area contributed by atoms with Crippen LogP contribution in [-0.4, -0.2) is 45.3 Å². The molecule has 0 aliphatic carbocycles. The van der Waals surface area contributed by atoms with E-state index in [1.54, 1.807) is 38.3 Å². The Labute approximate surface area is 195 Å². The second-order valence-electron chi connectivity index (χ2n) is 8.47. The lowest BCUT2D eigenvalue weighted by molar-refractivity contribution is -0.126. The first-order valence-electron chi connectivity index (χ1n) is 11.1. The maximum absolute atomic E-state index is 12.8. The molecule has 1 amide bonds. The summed E-state index contributed by atoms with van der Waals surface area (Å²) in [6.45, 7) is 4.94. The number of sulfonamides is 1. The van der Waals surface area contributed by atoms with E-state index < -0.39 is 10.0 Å². The van der Waals surface area contributed by atoms with Gasteiger partial charge in [-0.2, -0.15) is 8.42 Å². The monoisotopic (exact) mass is 467 g/mol. The maximum Gasteiger partial charge on any atom is 0.285 e. The summed E-state index contributed by atoms with van der Waals surface area (Å²) in [6, 6.07) is 16.8. The fourth-order valence-electron chi connectivity index (χ4n) is 4.44. The second-order valence-corrected chi connectivity index (χ2v) is 10.0. The van der Waals surface area contributed by atoms with Crippen LogP contribution in [0.25, 0.3) is 4.91 Å². The van der Waals surface area contributed by atoms with Crippen molar-refractivity contribution in [1.29, 1.82) is 0 Å². The summed E-state index contributed by atoms with van der Waals surface area (Å²) >= 11 is 0. The minimum Gasteiger partial charge on any atom is -0.497 e. The Morgan fingerprint density at radius 2 is 1.73 bits per heavy atom. The number of methoxy groups -OCH3 is 1.